The fourth-order valence-electron chi connectivity index (χ4n) is 2.73. The van der Waals surface area contributed by atoms with Gasteiger partial charge in [0.05, 0.1) is 11.7 Å². The zero-order chi connectivity index (χ0) is 22.5. The van der Waals surface area contributed by atoms with E-state index in [0.29, 0.717) is 12.8 Å². The Labute approximate surface area is 176 Å². The van der Waals surface area contributed by atoms with Crippen molar-refractivity contribution >= 4 is 11.9 Å². The largest absolute Gasteiger partial charge is 0.459 e. The Kier molecular flexibility index (Phi) is 12.2. The molecule has 0 aromatic heterocycles. The van der Waals surface area contributed by atoms with Crippen LogP contribution in [0.4, 0.5) is 0 Å². The number of carbonyl (C=O) groups excluding carboxylic acids is 2. The van der Waals surface area contributed by atoms with Crippen molar-refractivity contribution in [2.24, 2.45) is 0 Å². The Bertz CT molecular complexity index is 627. The Morgan fingerprint density at radius 3 is 2.27 bits per heavy atom. The highest BCUT2D eigenvalue weighted by Crippen LogP contribution is 2.09. The third-order valence-corrected chi connectivity index (χ3v) is 4.65. The predicted octanol–water partition coefficient (Wildman–Crippen LogP) is -0.265. The number of aliphatic hydroxyl groups is 5. The molecule has 0 radical (unpaired) electrons. The molecule has 1 aromatic carbocycles. The van der Waals surface area contributed by atoms with E-state index in [9.17, 15) is 35.1 Å². The van der Waals surface area contributed by atoms with E-state index in [1.807, 2.05) is 0 Å². The van der Waals surface area contributed by atoms with E-state index in [4.69, 9.17) is 4.74 Å². The van der Waals surface area contributed by atoms with Gasteiger partial charge in [0.15, 0.2) is 6.10 Å². The lowest BCUT2D eigenvalue weighted by Gasteiger charge is -2.25. The zero-order valence-electron chi connectivity index (χ0n) is 17.2. The summed E-state index contributed by atoms with van der Waals surface area (Å²) in [5, 5.41) is 51.9. The van der Waals surface area contributed by atoms with Crippen LogP contribution >= 0.6 is 0 Å². The van der Waals surface area contributed by atoms with Crippen molar-refractivity contribution < 1.29 is 39.9 Å². The maximum Gasteiger partial charge on any atom is 0.338 e. The Balaban J connectivity index is 2.37. The highest BCUT2D eigenvalue weighted by Gasteiger charge is 2.34. The topological polar surface area (TPSA) is 157 Å². The number of nitrogens with one attached hydrogen (secondary N) is 1. The zero-order valence-corrected chi connectivity index (χ0v) is 17.2. The minimum Gasteiger partial charge on any atom is -0.459 e. The lowest BCUT2D eigenvalue weighted by atomic mass is 10.0. The highest BCUT2D eigenvalue weighted by molar-refractivity contribution is 5.89. The summed E-state index contributed by atoms with van der Waals surface area (Å²) >= 11 is 0. The van der Waals surface area contributed by atoms with Gasteiger partial charge in [-0.3, -0.25) is 4.79 Å². The van der Waals surface area contributed by atoms with Crippen molar-refractivity contribution in [2.45, 2.75) is 69.5 Å². The minimum atomic E-state index is -2.00. The molecule has 0 aliphatic heterocycles. The molecule has 0 spiro atoms. The monoisotopic (exact) mass is 427 g/mol. The molecule has 9 nitrogen and oxygen atoms in total. The van der Waals surface area contributed by atoms with Gasteiger partial charge in [-0.05, 0) is 25.0 Å². The second-order valence-electron chi connectivity index (χ2n) is 7.19. The van der Waals surface area contributed by atoms with E-state index in [1.54, 1.807) is 18.2 Å². The Hall–Kier alpha value is -2.04. The number of ether oxygens (including phenoxy) is 1. The lowest BCUT2D eigenvalue weighted by molar-refractivity contribution is -0.149. The SMILES string of the molecule is CCCCCC(O)CCNC(=O)[C@H](O)[C@@H](O)[C@H](O)[C@H](O)COC(=O)c1ccccc1. The second kappa shape index (κ2) is 14.1. The molecule has 0 saturated heterocycles. The fourth-order valence-corrected chi connectivity index (χ4v) is 2.73. The first kappa shape index (κ1) is 26.0. The molecule has 0 bridgehead atoms. The molecule has 5 atom stereocenters. The standard InChI is InChI=1S/C21H33NO8/c1-2-3-5-10-15(23)11-12-22-20(28)19(27)18(26)17(25)16(24)13-30-21(29)14-8-6-4-7-9-14/h4,6-9,15-19,23-27H,2-3,5,10-13H2,1H3,(H,22,28)/t15?,16-,17-,18+,19-/m1/s1. The molecular formula is C21H33NO8. The quantitative estimate of drug-likeness (QED) is 0.175. The first-order valence-electron chi connectivity index (χ1n) is 10.2. The van der Waals surface area contributed by atoms with Gasteiger partial charge in [0.2, 0.25) is 0 Å². The summed E-state index contributed by atoms with van der Waals surface area (Å²) in [5.41, 5.74) is 0.246. The van der Waals surface area contributed by atoms with Gasteiger partial charge in [-0.1, -0.05) is 44.4 Å². The number of aliphatic hydroxyl groups excluding tert-OH is 5. The van der Waals surface area contributed by atoms with Crippen LogP contribution in [0.3, 0.4) is 0 Å². The maximum atomic E-state index is 11.9. The van der Waals surface area contributed by atoms with Crippen LogP contribution in [0.5, 0.6) is 0 Å². The normalized spacial score (nSPS) is 16.2. The van der Waals surface area contributed by atoms with Crippen molar-refractivity contribution in [3.8, 4) is 0 Å². The molecule has 1 unspecified atom stereocenters. The average Bonchev–Trinajstić information content (AvgIpc) is 2.76. The number of hydrogen-bond acceptors (Lipinski definition) is 8. The molecule has 9 heteroatoms. The summed E-state index contributed by atoms with van der Waals surface area (Å²) in [6, 6.07) is 7.99. The molecular weight excluding hydrogens is 394 g/mol. The lowest BCUT2D eigenvalue weighted by Crippen LogP contribution is -2.52. The van der Waals surface area contributed by atoms with Crippen molar-refractivity contribution in [1.29, 1.82) is 0 Å². The number of amides is 1. The van der Waals surface area contributed by atoms with Gasteiger partial charge in [0, 0.05) is 6.54 Å². The maximum absolute atomic E-state index is 11.9. The second-order valence-corrected chi connectivity index (χ2v) is 7.19. The number of esters is 1. The molecule has 0 fully saturated rings. The Morgan fingerprint density at radius 1 is 0.967 bits per heavy atom. The van der Waals surface area contributed by atoms with E-state index in [-0.39, 0.29) is 12.1 Å². The first-order chi connectivity index (χ1) is 14.3. The third kappa shape index (κ3) is 9.19. The number of rotatable bonds is 14. The van der Waals surface area contributed by atoms with Gasteiger partial charge < -0.3 is 35.6 Å². The summed E-state index contributed by atoms with van der Waals surface area (Å²) in [6.45, 7) is 1.51. The van der Waals surface area contributed by atoms with Gasteiger partial charge in [-0.2, -0.15) is 0 Å². The van der Waals surface area contributed by atoms with Crippen LogP contribution in [0.2, 0.25) is 0 Å². The van der Waals surface area contributed by atoms with Gasteiger partial charge in [-0.25, -0.2) is 4.79 Å². The number of hydrogen-bond donors (Lipinski definition) is 6. The van der Waals surface area contributed by atoms with Gasteiger partial charge in [-0.15, -0.1) is 0 Å². The van der Waals surface area contributed by atoms with Crippen LogP contribution in [0.15, 0.2) is 30.3 Å². The molecule has 0 saturated carbocycles. The molecule has 0 aliphatic rings. The van der Waals surface area contributed by atoms with Crippen LogP contribution in [0, 0.1) is 0 Å². The molecule has 1 amide bonds. The van der Waals surface area contributed by atoms with Crippen LogP contribution in [-0.2, 0) is 9.53 Å². The van der Waals surface area contributed by atoms with Crippen molar-refractivity contribution in [3.05, 3.63) is 35.9 Å². The first-order valence-corrected chi connectivity index (χ1v) is 10.2. The third-order valence-electron chi connectivity index (χ3n) is 4.65. The summed E-state index contributed by atoms with van der Waals surface area (Å²) in [4.78, 5) is 23.8. The van der Waals surface area contributed by atoms with E-state index >= 15 is 0 Å². The van der Waals surface area contributed by atoms with Crippen LogP contribution in [-0.4, -0.2) is 81.1 Å². The van der Waals surface area contributed by atoms with Crippen LogP contribution in [0.25, 0.3) is 0 Å². The molecule has 30 heavy (non-hydrogen) atoms. The van der Waals surface area contributed by atoms with Crippen molar-refractivity contribution in [2.75, 3.05) is 13.2 Å². The molecule has 170 valence electrons. The van der Waals surface area contributed by atoms with E-state index in [2.05, 4.69) is 12.2 Å². The summed E-state index contributed by atoms with van der Waals surface area (Å²) in [5.74, 6) is -1.68. The highest BCUT2D eigenvalue weighted by atomic mass is 16.5. The smallest absolute Gasteiger partial charge is 0.338 e. The van der Waals surface area contributed by atoms with E-state index in [1.165, 1.54) is 12.1 Å². The molecule has 1 aromatic rings. The van der Waals surface area contributed by atoms with Gasteiger partial charge >= 0.3 is 5.97 Å². The minimum absolute atomic E-state index is 0.0865. The number of benzene rings is 1. The summed E-state index contributed by atoms with van der Waals surface area (Å²) in [7, 11) is 0. The molecule has 0 aliphatic carbocycles. The molecule has 1 rings (SSSR count). The van der Waals surface area contributed by atoms with E-state index in [0.717, 1.165) is 19.3 Å². The molecule has 0 heterocycles. The number of unbranched alkanes of at least 4 members (excludes halogenated alkanes) is 2. The van der Waals surface area contributed by atoms with Crippen LogP contribution in [0.1, 0.15) is 49.4 Å². The van der Waals surface area contributed by atoms with Crippen molar-refractivity contribution in [1.82, 2.24) is 5.32 Å². The van der Waals surface area contributed by atoms with Gasteiger partial charge in [0.1, 0.15) is 24.9 Å². The predicted molar refractivity (Wildman–Crippen MR) is 109 cm³/mol. The Morgan fingerprint density at radius 2 is 1.63 bits per heavy atom. The average molecular weight is 427 g/mol. The van der Waals surface area contributed by atoms with E-state index < -0.39 is 49.0 Å². The summed E-state index contributed by atoms with van der Waals surface area (Å²) < 4.78 is 4.86. The fraction of sp³-hybridized carbons (Fsp3) is 0.619. The molecule has 6 N–H and O–H groups in total. The van der Waals surface area contributed by atoms with Gasteiger partial charge in [0.25, 0.3) is 5.91 Å². The van der Waals surface area contributed by atoms with Crippen molar-refractivity contribution in [3.63, 3.8) is 0 Å². The number of carbonyl (C=O) groups is 2. The van der Waals surface area contributed by atoms with Crippen LogP contribution < -0.4 is 5.32 Å². The summed E-state index contributed by atoms with van der Waals surface area (Å²) in [6.07, 6.45) is -4.38.